The molecular weight excluding hydrogens is 310 g/mol. The van der Waals surface area contributed by atoms with Crippen LogP contribution in [0.1, 0.15) is 44.6 Å². The molecule has 0 heterocycles. The first-order chi connectivity index (χ1) is 8.65. The van der Waals surface area contributed by atoms with Gasteiger partial charge in [-0.3, -0.25) is 0 Å². The Kier molecular flexibility index (Phi) is 5.11. The van der Waals surface area contributed by atoms with E-state index in [1.807, 2.05) is 12.1 Å². The lowest BCUT2D eigenvalue weighted by Crippen LogP contribution is -2.31. The Morgan fingerprint density at radius 3 is 2.67 bits per heavy atom. The Hall–Kier alpha value is -0.0500. The van der Waals surface area contributed by atoms with E-state index < -0.39 is 0 Å². The molecule has 1 N–H and O–H groups in total. The maximum atomic E-state index is 6.10. The lowest BCUT2D eigenvalue weighted by molar-refractivity contribution is 0.268. The van der Waals surface area contributed by atoms with Crippen molar-refractivity contribution >= 4 is 27.5 Å². The maximum Gasteiger partial charge on any atom is 0.0551 e. The summed E-state index contributed by atoms with van der Waals surface area (Å²) < 4.78 is 0.966. The van der Waals surface area contributed by atoms with Crippen LogP contribution in [0.5, 0.6) is 0 Å². The van der Waals surface area contributed by atoms with Crippen molar-refractivity contribution < 1.29 is 0 Å². The molecule has 1 aliphatic carbocycles. The Balaban J connectivity index is 1.86. The zero-order chi connectivity index (χ0) is 13.0. The molecule has 0 radical (unpaired) electrons. The molecule has 100 valence electrons. The molecule has 1 fully saturated rings. The van der Waals surface area contributed by atoms with Crippen molar-refractivity contribution in [1.82, 2.24) is 5.32 Å². The number of rotatable bonds is 5. The highest BCUT2D eigenvalue weighted by molar-refractivity contribution is 9.10. The number of hydrogen-bond donors (Lipinski definition) is 1. The molecule has 0 unspecified atom stereocenters. The molecule has 1 aromatic carbocycles. The predicted octanol–water partition coefficient (Wildman–Crippen LogP) is 5.16. The Labute approximate surface area is 123 Å². The lowest BCUT2D eigenvalue weighted by Gasteiger charge is -2.27. The van der Waals surface area contributed by atoms with Crippen LogP contribution in [0.15, 0.2) is 22.7 Å². The molecule has 0 aliphatic heterocycles. The fourth-order valence-electron chi connectivity index (χ4n) is 2.90. The summed E-state index contributed by atoms with van der Waals surface area (Å²) >= 11 is 9.52. The summed E-state index contributed by atoms with van der Waals surface area (Å²) in [6.45, 7) is 4.37. The van der Waals surface area contributed by atoms with Crippen molar-refractivity contribution in [3.05, 3.63) is 33.3 Å². The monoisotopic (exact) mass is 329 g/mol. The minimum Gasteiger partial charge on any atom is -0.312 e. The van der Waals surface area contributed by atoms with E-state index in [0.717, 1.165) is 22.6 Å². The predicted molar refractivity (Wildman–Crippen MR) is 82.1 cm³/mol. The SMILES string of the molecule is CCC1(CNCc2ccc(Br)c(Cl)c2)CCCC1. The van der Waals surface area contributed by atoms with E-state index in [0.29, 0.717) is 5.41 Å². The standard InChI is InChI=1S/C15H21BrClN/c1-2-15(7-3-4-8-15)11-18-10-12-5-6-13(16)14(17)9-12/h5-6,9,18H,2-4,7-8,10-11H2,1H3. The average Bonchev–Trinajstić information content (AvgIpc) is 2.83. The van der Waals surface area contributed by atoms with Crippen molar-refractivity contribution in [3.63, 3.8) is 0 Å². The first kappa shape index (κ1) is 14.4. The maximum absolute atomic E-state index is 6.10. The highest BCUT2D eigenvalue weighted by Gasteiger charge is 2.31. The number of halogens is 2. The molecule has 1 aromatic rings. The molecular formula is C15H21BrClN. The summed E-state index contributed by atoms with van der Waals surface area (Å²) in [6, 6.07) is 6.17. The minimum absolute atomic E-state index is 0.555. The molecule has 1 nitrogen and oxygen atoms in total. The van der Waals surface area contributed by atoms with Crippen molar-refractivity contribution in [2.75, 3.05) is 6.54 Å². The van der Waals surface area contributed by atoms with Gasteiger partial charge in [-0.15, -0.1) is 0 Å². The third-order valence-electron chi connectivity index (χ3n) is 4.23. The molecule has 0 saturated heterocycles. The van der Waals surface area contributed by atoms with Crippen LogP contribution < -0.4 is 5.32 Å². The van der Waals surface area contributed by atoms with Gasteiger partial charge in [0.1, 0.15) is 0 Å². The second kappa shape index (κ2) is 6.40. The fourth-order valence-corrected chi connectivity index (χ4v) is 3.35. The van der Waals surface area contributed by atoms with Crippen molar-refractivity contribution in [2.45, 2.75) is 45.6 Å². The van der Waals surface area contributed by atoms with Crippen molar-refractivity contribution in [2.24, 2.45) is 5.41 Å². The first-order valence-electron chi connectivity index (χ1n) is 6.80. The van der Waals surface area contributed by atoms with Crippen LogP contribution in [-0.4, -0.2) is 6.54 Å². The summed E-state index contributed by atoms with van der Waals surface area (Å²) in [5.74, 6) is 0. The summed E-state index contributed by atoms with van der Waals surface area (Å²) in [7, 11) is 0. The van der Waals surface area contributed by atoms with Crippen LogP contribution in [0, 0.1) is 5.41 Å². The molecule has 0 spiro atoms. The smallest absolute Gasteiger partial charge is 0.0551 e. The molecule has 18 heavy (non-hydrogen) atoms. The van der Waals surface area contributed by atoms with Gasteiger partial charge in [-0.1, -0.05) is 37.4 Å². The normalized spacial score (nSPS) is 18.2. The molecule has 0 aromatic heterocycles. The molecule has 0 bridgehead atoms. The Morgan fingerprint density at radius 1 is 1.33 bits per heavy atom. The first-order valence-corrected chi connectivity index (χ1v) is 7.97. The number of benzene rings is 1. The minimum atomic E-state index is 0.555. The molecule has 1 saturated carbocycles. The summed E-state index contributed by atoms with van der Waals surface area (Å²) in [5, 5.41) is 4.40. The average molecular weight is 331 g/mol. The van der Waals surface area contributed by atoms with Crippen LogP contribution in [0.3, 0.4) is 0 Å². The summed E-state index contributed by atoms with van der Waals surface area (Å²) in [5.41, 5.74) is 1.81. The Morgan fingerprint density at radius 2 is 2.06 bits per heavy atom. The van der Waals surface area contributed by atoms with Gasteiger partial charge in [0, 0.05) is 17.6 Å². The van der Waals surface area contributed by atoms with E-state index in [1.165, 1.54) is 37.7 Å². The van der Waals surface area contributed by atoms with Gasteiger partial charge in [0.2, 0.25) is 0 Å². The fraction of sp³-hybridized carbons (Fsp3) is 0.600. The zero-order valence-corrected chi connectivity index (χ0v) is 13.3. The van der Waals surface area contributed by atoms with Crippen LogP contribution in [0.2, 0.25) is 5.02 Å². The highest BCUT2D eigenvalue weighted by atomic mass is 79.9. The van der Waals surface area contributed by atoms with E-state index in [4.69, 9.17) is 11.6 Å². The number of nitrogens with one attached hydrogen (secondary N) is 1. The quantitative estimate of drug-likeness (QED) is 0.786. The molecule has 0 amide bonds. The van der Waals surface area contributed by atoms with E-state index >= 15 is 0 Å². The van der Waals surface area contributed by atoms with E-state index in [2.05, 4.69) is 34.2 Å². The van der Waals surface area contributed by atoms with Crippen LogP contribution in [-0.2, 0) is 6.54 Å². The van der Waals surface area contributed by atoms with Crippen LogP contribution >= 0.6 is 27.5 Å². The second-order valence-electron chi connectivity index (χ2n) is 5.41. The van der Waals surface area contributed by atoms with Crippen molar-refractivity contribution in [3.8, 4) is 0 Å². The van der Waals surface area contributed by atoms with Crippen molar-refractivity contribution in [1.29, 1.82) is 0 Å². The number of hydrogen-bond acceptors (Lipinski definition) is 1. The lowest BCUT2D eigenvalue weighted by atomic mass is 9.83. The largest absolute Gasteiger partial charge is 0.312 e. The van der Waals surface area contributed by atoms with Gasteiger partial charge in [-0.2, -0.15) is 0 Å². The Bertz CT molecular complexity index is 399. The van der Waals surface area contributed by atoms with Gasteiger partial charge in [-0.05, 0) is 58.3 Å². The summed E-state index contributed by atoms with van der Waals surface area (Å²) in [6.07, 6.45) is 6.87. The molecule has 1 aliphatic rings. The van der Waals surface area contributed by atoms with Gasteiger partial charge < -0.3 is 5.32 Å². The van der Waals surface area contributed by atoms with Gasteiger partial charge in [0.05, 0.1) is 5.02 Å². The van der Waals surface area contributed by atoms with E-state index in [1.54, 1.807) is 0 Å². The van der Waals surface area contributed by atoms with Gasteiger partial charge in [0.25, 0.3) is 0 Å². The van der Waals surface area contributed by atoms with Crippen LogP contribution in [0.4, 0.5) is 0 Å². The van der Waals surface area contributed by atoms with Gasteiger partial charge >= 0.3 is 0 Å². The van der Waals surface area contributed by atoms with Crippen LogP contribution in [0.25, 0.3) is 0 Å². The molecule has 0 atom stereocenters. The van der Waals surface area contributed by atoms with E-state index in [-0.39, 0.29) is 0 Å². The topological polar surface area (TPSA) is 12.0 Å². The second-order valence-corrected chi connectivity index (χ2v) is 6.67. The highest BCUT2D eigenvalue weighted by Crippen LogP contribution is 2.40. The van der Waals surface area contributed by atoms with Gasteiger partial charge in [-0.25, -0.2) is 0 Å². The molecule has 2 rings (SSSR count). The third kappa shape index (κ3) is 3.49. The van der Waals surface area contributed by atoms with Gasteiger partial charge in [0.15, 0.2) is 0 Å². The zero-order valence-electron chi connectivity index (χ0n) is 10.9. The summed E-state index contributed by atoms with van der Waals surface area (Å²) in [4.78, 5) is 0. The molecule has 3 heteroatoms. The van der Waals surface area contributed by atoms with E-state index in [9.17, 15) is 0 Å². The third-order valence-corrected chi connectivity index (χ3v) is 5.46.